The summed E-state index contributed by atoms with van der Waals surface area (Å²) in [6, 6.07) is 9.93. The Bertz CT molecular complexity index is 645. The second-order valence-electron chi connectivity index (χ2n) is 4.59. The molecule has 5 heteroatoms. The zero-order valence-electron chi connectivity index (χ0n) is 10.5. The van der Waals surface area contributed by atoms with E-state index in [0.29, 0.717) is 0 Å². The summed E-state index contributed by atoms with van der Waals surface area (Å²) in [5.41, 5.74) is 1.06. The normalized spacial score (nSPS) is 17.6. The van der Waals surface area contributed by atoms with Crippen molar-refractivity contribution >= 4 is 17.4 Å². The number of rotatable bonds is 2. The first-order valence-corrected chi connectivity index (χ1v) is 7.27. The molecular formula is C15H12F3NS. The molecule has 0 fully saturated rings. The van der Waals surface area contributed by atoms with Crippen molar-refractivity contribution in [2.45, 2.75) is 17.4 Å². The maximum Gasteiger partial charge on any atom is 0.196 e. The van der Waals surface area contributed by atoms with Crippen molar-refractivity contribution in [1.82, 2.24) is 0 Å². The Balaban J connectivity index is 1.92. The number of halogens is 3. The Labute approximate surface area is 119 Å². The summed E-state index contributed by atoms with van der Waals surface area (Å²) in [5.74, 6) is -2.87. The van der Waals surface area contributed by atoms with Crippen LogP contribution in [0.3, 0.4) is 0 Å². The molecule has 3 rings (SSSR count). The molecule has 1 atom stereocenters. The molecule has 1 aliphatic heterocycles. The van der Waals surface area contributed by atoms with E-state index in [1.54, 1.807) is 11.8 Å². The summed E-state index contributed by atoms with van der Waals surface area (Å²) in [6.45, 7) is 0. The van der Waals surface area contributed by atoms with Gasteiger partial charge >= 0.3 is 0 Å². The van der Waals surface area contributed by atoms with Crippen LogP contribution in [0.2, 0.25) is 0 Å². The van der Waals surface area contributed by atoms with Crippen LogP contribution in [0.15, 0.2) is 41.3 Å². The Morgan fingerprint density at radius 3 is 2.65 bits per heavy atom. The maximum absolute atomic E-state index is 13.7. The van der Waals surface area contributed by atoms with Gasteiger partial charge in [-0.05, 0) is 30.2 Å². The van der Waals surface area contributed by atoms with E-state index in [2.05, 4.69) is 5.32 Å². The number of fused-ring (bicyclic) bond motifs is 1. The predicted molar refractivity (Wildman–Crippen MR) is 74.5 cm³/mol. The fourth-order valence-corrected chi connectivity index (χ4v) is 3.44. The topological polar surface area (TPSA) is 12.0 Å². The minimum absolute atomic E-state index is 0.00407. The van der Waals surface area contributed by atoms with Crippen LogP contribution < -0.4 is 5.32 Å². The summed E-state index contributed by atoms with van der Waals surface area (Å²) >= 11 is 1.74. The lowest BCUT2D eigenvalue weighted by molar-refractivity contribution is 0.448. The van der Waals surface area contributed by atoms with Crippen molar-refractivity contribution in [3.8, 4) is 0 Å². The molecule has 0 saturated heterocycles. The molecule has 0 saturated carbocycles. The van der Waals surface area contributed by atoms with Crippen molar-refractivity contribution in [2.24, 2.45) is 0 Å². The first kappa shape index (κ1) is 13.4. The van der Waals surface area contributed by atoms with Gasteiger partial charge in [0, 0.05) is 10.6 Å². The highest BCUT2D eigenvalue weighted by Gasteiger charge is 2.22. The SMILES string of the molecule is Fc1ccc(NC2CCSc3ccccc32)c(F)c1F. The van der Waals surface area contributed by atoms with Gasteiger partial charge in [0.25, 0.3) is 0 Å². The zero-order chi connectivity index (χ0) is 14.1. The molecule has 20 heavy (non-hydrogen) atoms. The lowest BCUT2D eigenvalue weighted by Gasteiger charge is -2.27. The van der Waals surface area contributed by atoms with E-state index in [9.17, 15) is 13.2 Å². The fourth-order valence-electron chi connectivity index (χ4n) is 2.32. The summed E-state index contributed by atoms with van der Waals surface area (Å²) in [7, 11) is 0. The molecule has 1 heterocycles. The molecule has 2 aromatic rings. The number of thioether (sulfide) groups is 1. The Kier molecular flexibility index (Phi) is 3.61. The van der Waals surface area contributed by atoms with Crippen LogP contribution in [0.5, 0.6) is 0 Å². The molecule has 1 N–H and O–H groups in total. The molecule has 1 aliphatic rings. The predicted octanol–water partition coefficient (Wildman–Crippen LogP) is 4.75. The summed E-state index contributed by atoms with van der Waals surface area (Å²) < 4.78 is 39.9. The average Bonchev–Trinajstić information content (AvgIpc) is 2.48. The number of nitrogens with one attached hydrogen (secondary N) is 1. The third-order valence-corrected chi connectivity index (χ3v) is 4.45. The quantitative estimate of drug-likeness (QED) is 0.802. The minimum atomic E-state index is -1.44. The number of hydrogen-bond acceptors (Lipinski definition) is 2. The lowest BCUT2D eigenvalue weighted by Crippen LogP contribution is -2.17. The van der Waals surface area contributed by atoms with Gasteiger partial charge in [0.15, 0.2) is 17.5 Å². The van der Waals surface area contributed by atoms with Crippen LogP contribution in [0, 0.1) is 17.5 Å². The molecule has 1 nitrogen and oxygen atoms in total. The first-order chi connectivity index (χ1) is 9.66. The molecule has 0 aliphatic carbocycles. The summed E-state index contributed by atoms with van der Waals surface area (Å²) in [6.07, 6.45) is 0.806. The van der Waals surface area contributed by atoms with Gasteiger partial charge in [0.2, 0.25) is 0 Å². The van der Waals surface area contributed by atoms with Crippen LogP contribution in [0.25, 0.3) is 0 Å². The van der Waals surface area contributed by atoms with Crippen molar-refractivity contribution < 1.29 is 13.2 Å². The van der Waals surface area contributed by atoms with E-state index in [1.165, 1.54) is 6.07 Å². The molecule has 0 aromatic heterocycles. The molecule has 0 amide bonds. The first-order valence-electron chi connectivity index (χ1n) is 6.28. The summed E-state index contributed by atoms with van der Waals surface area (Å²) in [5, 5.41) is 2.98. The van der Waals surface area contributed by atoms with Gasteiger partial charge < -0.3 is 5.32 Å². The molecule has 0 radical (unpaired) electrons. The maximum atomic E-state index is 13.7. The third kappa shape index (κ3) is 2.38. The zero-order valence-corrected chi connectivity index (χ0v) is 11.3. The molecule has 1 unspecified atom stereocenters. The highest BCUT2D eigenvalue weighted by atomic mass is 32.2. The van der Waals surface area contributed by atoms with Gasteiger partial charge in [-0.15, -0.1) is 11.8 Å². The van der Waals surface area contributed by atoms with Gasteiger partial charge in [0.1, 0.15) is 0 Å². The second kappa shape index (κ2) is 5.40. The van der Waals surface area contributed by atoms with Gasteiger partial charge in [-0.1, -0.05) is 18.2 Å². The van der Waals surface area contributed by atoms with Gasteiger partial charge in [-0.25, -0.2) is 13.2 Å². The van der Waals surface area contributed by atoms with Crippen LogP contribution in [-0.4, -0.2) is 5.75 Å². The molecule has 2 aromatic carbocycles. The van der Waals surface area contributed by atoms with Crippen molar-refractivity contribution in [1.29, 1.82) is 0 Å². The van der Waals surface area contributed by atoms with Crippen LogP contribution in [-0.2, 0) is 0 Å². The number of anilines is 1. The van der Waals surface area contributed by atoms with Gasteiger partial charge in [-0.3, -0.25) is 0 Å². The molecule has 104 valence electrons. The molecule has 0 spiro atoms. The molecular weight excluding hydrogens is 283 g/mol. The molecule has 0 bridgehead atoms. The Morgan fingerprint density at radius 1 is 1.00 bits per heavy atom. The van der Waals surface area contributed by atoms with E-state index in [0.717, 1.165) is 28.7 Å². The number of benzene rings is 2. The van der Waals surface area contributed by atoms with Crippen molar-refractivity contribution in [3.05, 3.63) is 59.4 Å². The van der Waals surface area contributed by atoms with Gasteiger partial charge in [0.05, 0.1) is 11.7 Å². The van der Waals surface area contributed by atoms with Crippen LogP contribution in [0.1, 0.15) is 18.0 Å². The van der Waals surface area contributed by atoms with Crippen LogP contribution >= 0.6 is 11.8 Å². The number of hydrogen-bond donors (Lipinski definition) is 1. The smallest absolute Gasteiger partial charge is 0.196 e. The highest BCUT2D eigenvalue weighted by molar-refractivity contribution is 7.99. The highest BCUT2D eigenvalue weighted by Crippen LogP contribution is 2.38. The van der Waals surface area contributed by atoms with E-state index in [4.69, 9.17) is 0 Å². The minimum Gasteiger partial charge on any atom is -0.376 e. The van der Waals surface area contributed by atoms with Crippen molar-refractivity contribution in [2.75, 3.05) is 11.1 Å². The monoisotopic (exact) mass is 295 g/mol. The second-order valence-corrected chi connectivity index (χ2v) is 5.73. The third-order valence-electron chi connectivity index (χ3n) is 3.32. The van der Waals surface area contributed by atoms with Crippen LogP contribution in [0.4, 0.5) is 18.9 Å². The fraction of sp³-hybridized carbons (Fsp3) is 0.200. The largest absolute Gasteiger partial charge is 0.376 e. The van der Waals surface area contributed by atoms with E-state index in [1.807, 2.05) is 24.3 Å². The summed E-state index contributed by atoms with van der Waals surface area (Å²) in [4.78, 5) is 1.14. The van der Waals surface area contributed by atoms with E-state index in [-0.39, 0.29) is 11.7 Å². The Hall–Kier alpha value is -1.62. The van der Waals surface area contributed by atoms with E-state index < -0.39 is 17.5 Å². The van der Waals surface area contributed by atoms with Gasteiger partial charge in [-0.2, -0.15) is 0 Å². The van der Waals surface area contributed by atoms with E-state index >= 15 is 0 Å². The Morgan fingerprint density at radius 2 is 1.80 bits per heavy atom. The van der Waals surface area contributed by atoms with Crippen molar-refractivity contribution in [3.63, 3.8) is 0 Å². The lowest BCUT2D eigenvalue weighted by atomic mass is 10.0. The standard InChI is InChI=1S/C15H12F3NS/c16-10-5-6-12(15(18)14(10)17)19-11-7-8-20-13-4-2-1-3-9(11)13/h1-6,11,19H,7-8H2. The average molecular weight is 295 g/mol.